The molecule has 0 atom stereocenters. The van der Waals surface area contributed by atoms with Crippen LogP contribution in [0.15, 0.2) is 30.5 Å². The van der Waals surface area contributed by atoms with E-state index in [2.05, 4.69) is 4.98 Å². The van der Waals surface area contributed by atoms with Gasteiger partial charge in [-0.05, 0) is 12.1 Å². The summed E-state index contributed by atoms with van der Waals surface area (Å²) < 4.78 is 7.32. The van der Waals surface area contributed by atoms with Crippen LogP contribution in [0.25, 0.3) is 0 Å². The number of aromatic nitrogens is 2. The fourth-order valence-corrected chi connectivity index (χ4v) is 1.46. The van der Waals surface area contributed by atoms with Gasteiger partial charge in [0, 0.05) is 18.8 Å². The van der Waals surface area contributed by atoms with Crippen LogP contribution in [0.4, 0.5) is 5.69 Å². The molecule has 0 aliphatic rings. The minimum absolute atomic E-state index is 0.368. The molecule has 0 unspecified atom stereocenters. The summed E-state index contributed by atoms with van der Waals surface area (Å²) in [6.07, 6.45) is 1.60. The number of nitrogen functional groups attached to an aromatic ring is 1. The number of anilines is 1. The molecule has 0 aliphatic carbocycles. The molecule has 84 valence electrons. The molecule has 0 saturated heterocycles. The van der Waals surface area contributed by atoms with E-state index in [-0.39, 0.29) is 0 Å². The van der Waals surface area contributed by atoms with Gasteiger partial charge in [0.2, 0.25) is 0 Å². The zero-order valence-electron chi connectivity index (χ0n) is 8.85. The quantitative estimate of drug-likeness (QED) is 0.833. The Kier molecular flexibility index (Phi) is 3.01. The highest BCUT2D eigenvalue weighted by Gasteiger charge is 2.04. The van der Waals surface area contributed by atoms with E-state index in [1.807, 2.05) is 25.2 Å². The maximum absolute atomic E-state index is 5.86. The van der Waals surface area contributed by atoms with Crippen molar-refractivity contribution >= 4 is 17.3 Å². The lowest BCUT2D eigenvalue weighted by Gasteiger charge is -2.06. The molecule has 1 aromatic heterocycles. The molecule has 0 fully saturated rings. The van der Waals surface area contributed by atoms with Crippen molar-refractivity contribution in [2.75, 3.05) is 5.73 Å². The van der Waals surface area contributed by atoms with Gasteiger partial charge in [-0.25, -0.2) is 4.98 Å². The van der Waals surface area contributed by atoms with Gasteiger partial charge >= 0.3 is 0 Å². The van der Waals surface area contributed by atoms with Gasteiger partial charge in [-0.2, -0.15) is 0 Å². The summed E-state index contributed by atoms with van der Waals surface area (Å²) in [7, 11) is 1.84. The van der Waals surface area contributed by atoms with E-state index in [1.54, 1.807) is 16.8 Å². The Balaban J connectivity index is 2.05. The highest BCUT2D eigenvalue weighted by atomic mass is 35.5. The molecule has 2 N–H and O–H groups in total. The standard InChI is InChI=1S/C11H12ClN3O/c1-15-10(12)6-14-11(15)7-16-9-4-2-3-8(13)5-9/h2-6H,7,13H2,1H3. The molecule has 0 spiro atoms. The largest absolute Gasteiger partial charge is 0.486 e. The number of ether oxygens (including phenoxy) is 1. The van der Waals surface area contributed by atoms with Crippen molar-refractivity contribution in [3.8, 4) is 5.75 Å². The summed E-state index contributed by atoms with van der Waals surface area (Å²) in [6.45, 7) is 0.368. The smallest absolute Gasteiger partial charge is 0.147 e. The Morgan fingerprint density at radius 3 is 2.94 bits per heavy atom. The topological polar surface area (TPSA) is 53.1 Å². The molecule has 0 amide bonds. The third-order valence-corrected chi connectivity index (χ3v) is 2.60. The minimum atomic E-state index is 0.368. The maximum atomic E-state index is 5.86. The van der Waals surface area contributed by atoms with Crippen molar-refractivity contribution in [1.29, 1.82) is 0 Å². The van der Waals surface area contributed by atoms with Crippen LogP contribution in [0.5, 0.6) is 5.75 Å². The first-order valence-corrected chi connectivity index (χ1v) is 5.19. The second-order valence-electron chi connectivity index (χ2n) is 3.42. The van der Waals surface area contributed by atoms with Crippen LogP contribution in [0.1, 0.15) is 5.82 Å². The Morgan fingerprint density at radius 1 is 1.50 bits per heavy atom. The third-order valence-electron chi connectivity index (χ3n) is 2.25. The molecule has 0 radical (unpaired) electrons. The predicted molar refractivity (Wildman–Crippen MR) is 63.4 cm³/mol. The summed E-state index contributed by atoms with van der Waals surface area (Å²) in [5, 5.41) is 0.589. The lowest BCUT2D eigenvalue weighted by Crippen LogP contribution is -2.03. The van der Waals surface area contributed by atoms with Crippen LogP contribution in [-0.2, 0) is 13.7 Å². The van der Waals surface area contributed by atoms with Crippen molar-refractivity contribution in [3.63, 3.8) is 0 Å². The zero-order valence-corrected chi connectivity index (χ0v) is 9.61. The first kappa shape index (κ1) is 10.8. The SMILES string of the molecule is Cn1c(Cl)cnc1COc1cccc(N)c1. The zero-order chi connectivity index (χ0) is 11.5. The molecule has 2 rings (SSSR count). The van der Waals surface area contributed by atoms with Crippen LogP contribution in [0.2, 0.25) is 5.15 Å². The van der Waals surface area contributed by atoms with Crippen molar-refractivity contribution in [2.24, 2.45) is 7.05 Å². The normalized spacial score (nSPS) is 10.4. The molecule has 16 heavy (non-hydrogen) atoms. The van der Waals surface area contributed by atoms with Crippen LogP contribution < -0.4 is 10.5 Å². The van der Waals surface area contributed by atoms with Crippen LogP contribution >= 0.6 is 11.6 Å². The third kappa shape index (κ3) is 2.28. The summed E-state index contributed by atoms with van der Waals surface area (Å²) >= 11 is 5.86. The number of hydrogen-bond donors (Lipinski definition) is 1. The molecule has 5 heteroatoms. The summed E-state index contributed by atoms with van der Waals surface area (Å²) in [5.41, 5.74) is 6.32. The Morgan fingerprint density at radius 2 is 2.31 bits per heavy atom. The Labute approximate surface area is 98.6 Å². The second-order valence-corrected chi connectivity index (χ2v) is 3.80. The molecule has 1 heterocycles. The fourth-order valence-electron chi connectivity index (χ4n) is 1.31. The number of nitrogens with zero attached hydrogens (tertiary/aromatic N) is 2. The number of hydrogen-bond acceptors (Lipinski definition) is 3. The minimum Gasteiger partial charge on any atom is -0.486 e. The number of halogens is 1. The molecule has 4 nitrogen and oxygen atoms in total. The van der Waals surface area contributed by atoms with Gasteiger partial charge in [-0.3, -0.25) is 0 Å². The second kappa shape index (κ2) is 4.45. The number of nitrogens with two attached hydrogens (primary N) is 1. The Bertz CT molecular complexity index is 496. The fraction of sp³-hybridized carbons (Fsp3) is 0.182. The maximum Gasteiger partial charge on any atom is 0.147 e. The van der Waals surface area contributed by atoms with Crippen molar-refractivity contribution in [1.82, 2.24) is 9.55 Å². The van der Waals surface area contributed by atoms with Crippen molar-refractivity contribution in [3.05, 3.63) is 41.4 Å². The lowest BCUT2D eigenvalue weighted by molar-refractivity contribution is 0.292. The molecule has 2 aromatic rings. The van der Waals surface area contributed by atoms with E-state index >= 15 is 0 Å². The van der Waals surface area contributed by atoms with E-state index in [4.69, 9.17) is 22.1 Å². The highest BCUT2D eigenvalue weighted by molar-refractivity contribution is 6.29. The van der Waals surface area contributed by atoms with Gasteiger partial charge in [0.05, 0.1) is 6.20 Å². The van der Waals surface area contributed by atoms with E-state index in [0.29, 0.717) is 17.4 Å². The van der Waals surface area contributed by atoms with Crippen molar-refractivity contribution in [2.45, 2.75) is 6.61 Å². The summed E-state index contributed by atoms with van der Waals surface area (Å²) in [5.74, 6) is 1.49. The first-order valence-electron chi connectivity index (χ1n) is 4.81. The number of rotatable bonds is 3. The average Bonchev–Trinajstić information content (AvgIpc) is 2.57. The molecule has 0 saturated carbocycles. The van der Waals surface area contributed by atoms with E-state index in [9.17, 15) is 0 Å². The van der Waals surface area contributed by atoms with Crippen molar-refractivity contribution < 1.29 is 4.74 Å². The monoisotopic (exact) mass is 237 g/mol. The van der Waals surface area contributed by atoms with Crippen LogP contribution in [0, 0.1) is 0 Å². The molecular weight excluding hydrogens is 226 g/mol. The average molecular weight is 238 g/mol. The molecule has 0 bridgehead atoms. The highest BCUT2D eigenvalue weighted by Crippen LogP contribution is 2.16. The van der Waals surface area contributed by atoms with Gasteiger partial charge in [0.15, 0.2) is 0 Å². The molecular formula is C11H12ClN3O. The lowest BCUT2D eigenvalue weighted by atomic mass is 10.3. The predicted octanol–water partition coefficient (Wildman–Crippen LogP) is 2.23. The van der Waals surface area contributed by atoms with Gasteiger partial charge in [-0.1, -0.05) is 17.7 Å². The number of benzene rings is 1. The van der Waals surface area contributed by atoms with Crippen LogP contribution in [-0.4, -0.2) is 9.55 Å². The van der Waals surface area contributed by atoms with Crippen LogP contribution in [0.3, 0.4) is 0 Å². The van der Waals surface area contributed by atoms with E-state index in [0.717, 1.165) is 11.6 Å². The van der Waals surface area contributed by atoms with Gasteiger partial charge in [-0.15, -0.1) is 0 Å². The van der Waals surface area contributed by atoms with E-state index in [1.165, 1.54) is 0 Å². The van der Waals surface area contributed by atoms with Gasteiger partial charge in [0.1, 0.15) is 23.3 Å². The molecule has 1 aromatic carbocycles. The summed E-state index contributed by atoms with van der Waals surface area (Å²) in [4.78, 5) is 4.13. The first-order chi connectivity index (χ1) is 7.66. The Hall–Kier alpha value is -1.68. The molecule has 0 aliphatic heterocycles. The van der Waals surface area contributed by atoms with Gasteiger partial charge < -0.3 is 15.0 Å². The number of imidazole rings is 1. The van der Waals surface area contributed by atoms with Gasteiger partial charge in [0.25, 0.3) is 0 Å². The van der Waals surface area contributed by atoms with E-state index < -0.39 is 0 Å². The summed E-state index contributed by atoms with van der Waals surface area (Å²) in [6, 6.07) is 7.27.